The van der Waals surface area contributed by atoms with Crippen LogP contribution in [0.3, 0.4) is 0 Å². The topological polar surface area (TPSA) is 89.3 Å². The smallest absolute Gasteiger partial charge is 0.349 e. The fourth-order valence-electron chi connectivity index (χ4n) is 1.76. The number of aromatic hydroxyl groups is 1. The molecule has 0 aliphatic heterocycles. The molecule has 0 amide bonds. The van der Waals surface area contributed by atoms with Crippen molar-refractivity contribution in [3.8, 4) is 17.0 Å². The van der Waals surface area contributed by atoms with Gasteiger partial charge in [-0.05, 0) is 12.1 Å². The zero-order valence-electron chi connectivity index (χ0n) is 9.08. The van der Waals surface area contributed by atoms with Gasteiger partial charge in [-0.3, -0.25) is 0 Å². The van der Waals surface area contributed by atoms with Crippen LogP contribution in [0.4, 0.5) is 5.13 Å². The van der Waals surface area contributed by atoms with Crippen LogP contribution in [0.5, 0.6) is 5.75 Å². The van der Waals surface area contributed by atoms with E-state index in [0.717, 1.165) is 0 Å². The lowest BCUT2D eigenvalue weighted by Crippen LogP contribution is -2.03. The number of fused-ring (bicyclic) bond motifs is 1. The minimum atomic E-state index is -0.628. The molecule has 0 saturated carbocycles. The molecule has 6 heteroatoms. The first-order valence-corrected chi connectivity index (χ1v) is 6.01. The molecule has 3 rings (SSSR count). The van der Waals surface area contributed by atoms with Crippen LogP contribution in [0.15, 0.2) is 38.9 Å². The number of nitrogen functional groups attached to an aromatic ring is 1. The van der Waals surface area contributed by atoms with Gasteiger partial charge in [0, 0.05) is 5.38 Å². The third kappa shape index (κ3) is 1.54. The summed E-state index contributed by atoms with van der Waals surface area (Å²) in [5, 5.41) is 12.6. The van der Waals surface area contributed by atoms with E-state index in [0.29, 0.717) is 21.8 Å². The number of aromatic nitrogens is 1. The second kappa shape index (κ2) is 3.85. The molecule has 0 saturated heterocycles. The quantitative estimate of drug-likeness (QED) is 0.655. The second-order valence-electron chi connectivity index (χ2n) is 3.68. The van der Waals surface area contributed by atoms with Gasteiger partial charge in [0.05, 0.1) is 11.1 Å². The number of thiazole rings is 1. The predicted octanol–water partition coefficient (Wildman–Crippen LogP) is 2.20. The number of rotatable bonds is 1. The molecule has 0 radical (unpaired) electrons. The van der Waals surface area contributed by atoms with Gasteiger partial charge in [0.15, 0.2) is 5.13 Å². The van der Waals surface area contributed by atoms with Gasteiger partial charge in [-0.1, -0.05) is 12.1 Å². The van der Waals surface area contributed by atoms with Crippen molar-refractivity contribution < 1.29 is 9.52 Å². The Labute approximate surface area is 105 Å². The highest BCUT2D eigenvalue weighted by molar-refractivity contribution is 7.13. The molecule has 2 aromatic heterocycles. The number of anilines is 1. The molecule has 0 aliphatic carbocycles. The van der Waals surface area contributed by atoms with Crippen molar-refractivity contribution in [1.29, 1.82) is 0 Å². The molecule has 0 bridgehead atoms. The zero-order valence-corrected chi connectivity index (χ0v) is 9.90. The summed E-state index contributed by atoms with van der Waals surface area (Å²) in [6.45, 7) is 0. The Balaban J connectivity index is 2.39. The minimum absolute atomic E-state index is 0.0432. The zero-order chi connectivity index (χ0) is 12.7. The molecule has 0 unspecified atom stereocenters. The van der Waals surface area contributed by atoms with Gasteiger partial charge < -0.3 is 15.3 Å². The van der Waals surface area contributed by atoms with Gasteiger partial charge >= 0.3 is 5.63 Å². The van der Waals surface area contributed by atoms with E-state index in [1.807, 2.05) is 0 Å². The molecule has 3 aromatic rings. The largest absolute Gasteiger partial charge is 0.506 e. The first kappa shape index (κ1) is 10.8. The maximum Gasteiger partial charge on any atom is 0.349 e. The molecular weight excluding hydrogens is 252 g/mol. The van der Waals surface area contributed by atoms with E-state index in [1.165, 1.54) is 11.3 Å². The molecule has 0 spiro atoms. The van der Waals surface area contributed by atoms with Crippen LogP contribution in [0.25, 0.3) is 22.2 Å². The second-order valence-corrected chi connectivity index (χ2v) is 4.57. The molecule has 0 fully saturated rings. The normalized spacial score (nSPS) is 10.9. The minimum Gasteiger partial charge on any atom is -0.506 e. The lowest BCUT2D eigenvalue weighted by Gasteiger charge is -2.03. The van der Waals surface area contributed by atoms with E-state index < -0.39 is 5.63 Å². The van der Waals surface area contributed by atoms with Crippen LogP contribution >= 0.6 is 11.3 Å². The van der Waals surface area contributed by atoms with Crippen molar-refractivity contribution in [3.63, 3.8) is 0 Å². The summed E-state index contributed by atoms with van der Waals surface area (Å²) in [4.78, 5) is 15.8. The summed E-state index contributed by atoms with van der Waals surface area (Å²) >= 11 is 1.20. The lowest BCUT2D eigenvalue weighted by molar-refractivity contribution is 0.471. The summed E-state index contributed by atoms with van der Waals surface area (Å²) in [7, 11) is 0. The van der Waals surface area contributed by atoms with E-state index >= 15 is 0 Å². The Kier molecular flexibility index (Phi) is 2.31. The number of nitrogens with two attached hydrogens (primary N) is 1. The SMILES string of the molecule is Nc1nc(-c2c(O)c3ccccc3oc2=O)cs1. The Morgan fingerprint density at radius 2 is 2.11 bits per heavy atom. The fourth-order valence-corrected chi connectivity index (χ4v) is 2.32. The summed E-state index contributed by atoms with van der Waals surface area (Å²) < 4.78 is 5.15. The van der Waals surface area contributed by atoms with Gasteiger partial charge in [-0.2, -0.15) is 0 Å². The van der Waals surface area contributed by atoms with Gasteiger partial charge in [-0.25, -0.2) is 9.78 Å². The standard InChI is InChI=1S/C12H8N2O3S/c13-12-14-7(5-18-12)9-10(15)6-3-1-2-4-8(6)17-11(9)16/h1-5,15H,(H2,13,14). The molecule has 3 N–H and O–H groups in total. The van der Waals surface area contributed by atoms with E-state index in [4.69, 9.17) is 10.2 Å². The molecular formula is C12H8N2O3S. The first-order chi connectivity index (χ1) is 8.66. The number of benzene rings is 1. The lowest BCUT2D eigenvalue weighted by atomic mass is 10.1. The molecule has 2 heterocycles. The Morgan fingerprint density at radius 3 is 2.83 bits per heavy atom. The molecule has 1 aromatic carbocycles. The van der Waals surface area contributed by atoms with E-state index in [1.54, 1.807) is 29.6 Å². The van der Waals surface area contributed by atoms with Crippen LogP contribution in [-0.2, 0) is 0 Å². The highest BCUT2D eigenvalue weighted by Crippen LogP contribution is 2.33. The number of hydrogen-bond acceptors (Lipinski definition) is 6. The summed E-state index contributed by atoms with van der Waals surface area (Å²) in [5.74, 6) is -0.132. The van der Waals surface area contributed by atoms with Crippen LogP contribution < -0.4 is 11.4 Å². The average Bonchev–Trinajstić information content (AvgIpc) is 2.76. The van der Waals surface area contributed by atoms with E-state index in [-0.39, 0.29) is 11.3 Å². The Morgan fingerprint density at radius 1 is 1.33 bits per heavy atom. The van der Waals surface area contributed by atoms with Crippen LogP contribution in [0, 0.1) is 0 Å². The highest BCUT2D eigenvalue weighted by atomic mass is 32.1. The Hall–Kier alpha value is -2.34. The number of nitrogens with zero attached hydrogens (tertiary/aromatic N) is 1. The van der Waals surface area contributed by atoms with E-state index in [2.05, 4.69) is 4.98 Å². The van der Waals surface area contributed by atoms with Crippen molar-refractivity contribution in [2.45, 2.75) is 0 Å². The summed E-state index contributed by atoms with van der Waals surface area (Å²) in [5.41, 5.74) is 5.60. The van der Waals surface area contributed by atoms with Crippen molar-refractivity contribution in [2.75, 3.05) is 5.73 Å². The average molecular weight is 260 g/mol. The monoisotopic (exact) mass is 260 g/mol. The molecule has 0 aliphatic rings. The van der Waals surface area contributed by atoms with Crippen LogP contribution in [0.2, 0.25) is 0 Å². The summed E-state index contributed by atoms with van der Waals surface area (Å²) in [6, 6.07) is 6.77. The van der Waals surface area contributed by atoms with Gasteiger partial charge in [0.1, 0.15) is 16.9 Å². The molecule has 90 valence electrons. The summed E-state index contributed by atoms with van der Waals surface area (Å²) in [6.07, 6.45) is 0. The maximum absolute atomic E-state index is 11.9. The number of para-hydroxylation sites is 1. The highest BCUT2D eigenvalue weighted by Gasteiger charge is 2.17. The molecule has 5 nitrogen and oxygen atoms in total. The number of hydrogen-bond donors (Lipinski definition) is 2. The third-order valence-corrected chi connectivity index (χ3v) is 3.24. The van der Waals surface area contributed by atoms with Crippen molar-refractivity contribution in [1.82, 2.24) is 4.98 Å². The van der Waals surface area contributed by atoms with Crippen molar-refractivity contribution in [3.05, 3.63) is 40.1 Å². The van der Waals surface area contributed by atoms with Crippen LogP contribution in [-0.4, -0.2) is 10.1 Å². The third-order valence-electron chi connectivity index (χ3n) is 2.56. The van der Waals surface area contributed by atoms with Crippen molar-refractivity contribution in [2.24, 2.45) is 0 Å². The van der Waals surface area contributed by atoms with Gasteiger partial charge in [0.2, 0.25) is 0 Å². The van der Waals surface area contributed by atoms with Gasteiger partial charge in [-0.15, -0.1) is 11.3 Å². The predicted molar refractivity (Wildman–Crippen MR) is 69.7 cm³/mol. The Bertz CT molecular complexity index is 791. The van der Waals surface area contributed by atoms with Crippen molar-refractivity contribution >= 4 is 27.4 Å². The molecule has 18 heavy (non-hydrogen) atoms. The molecule has 0 atom stereocenters. The van der Waals surface area contributed by atoms with E-state index in [9.17, 15) is 9.90 Å². The van der Waals surface area contributed by atoms with Crippen LogP contribution in [0.1, 0.15) is 0 Å². The van der Waals surface area contributed by atoms with Gasteiger partial charge in [0.25, 0.3) is 0 Å². The maximum atomic E-state index is 11.9. The fraction of sp³-hybridized carbons (Fsp3) is 0. The first-order valence-electron chi connectivity index (χ1n) is 5.13.